The van der Waals surface area contributed by atoms with Crippen molar-refractivity contribution in [2.75, 3.05) is 0 Å². The van der Waals surface area contributed by atoms with Crippen molar-refractivity contribution in [2.45, 2.75) is 32.8 Å². The summed E-state index contributed by atoms with van der Waals surface area (Å²) < 4.78 is 5.52. The SMILES string of the molecule is CCc1nc2nc(C3C=CC=CO3)nc(CC)c2[nH]1. The van der Waals surface area contributed by atoms with Gasteiger partial charge >= 0.3 is 0 Å². The molecule has 0 radical (unpaired) electrons. The minimum absolute atomic E-state index is 0.221. The summed E-state index contributed by atoms with van der Waals surface area (Å²) in [6.45, 7) is 4.14. The van der Waals surface area contributed by atoms with Gasteiger partial charge in [-0.05, 0) is 18.6 Å². The molecule has 1 atom stereocenters. The second-order valence-electron chi connectivity index (χ2n) is 4.39. The number of H-pyrrole nitrogens is 1. The summed E-state index contributed by atoms with van der Waals surface area (Å²) in [5.41, 5.74) is 2.66. The van der Waals surface area contributed by atoms with Crippen molar-refractivity contribution in [1.82, 2.24) is 19.9 Å². The van der Waals surface area contributed by atoms with Crippen LogP contribution < -0.4 is 0 Å². The second-order valence-corrected chi connectivity index (χ2v) is 4.39. The number of hydrogen-bond acceptors (Lipinski definition) is 4. The number of nitrogens with zero attached hydrogens (tertiary/aromatic N) is 3. The molecule has 0 fully saturated rings. The van der Waals surface area contributed by atoms with Crippen molar-refractivity contribution in [3.8, 4) is 0 Å². The average Bonchev–Trinajstić information content (AvgIpc) is 2.90. The third-order valence-corrected chi connectivity index (χ3v) is 3.12. The molecule has 2 aromatic heterocycles. The van der Waals surface area contributed by atoms with Crippen LogP contribution in [0.3, 0.4) is 0 Å². The largest absolute Gasteiger partial charge is 0.486 e. The van der Waals surface area contributed by atoms with Crippen LogP contribution in [0, 0.1) is 0 Å². The number of imidazole rings is 1. The van der Waals surface area contributed by atoms with Crippen molar-refractivity contribution in [3.63, 3.8) is 0 Å². The highest BCUT2D eigenvalue weighted by Crippen LogP contribution is 2.22. The maximum absolute atomic E-state index is 5.52. The molecule has 2 aromatic rings. The molecular formula is C14H16N4O. The molecule has 0 spiro atoms. The molecule has 0 saturated heterocycles. The Balaban J connectivity index is 2.10. The van der Waals surface area contributed by atoms with Gasteiger partial charge in [-0.3, -0.25) is 0 Å². The number of aromatic amines is 1. The van der Waals surface area contributed by atoms with Gasteiger partial charge in [-0.15, -0.1) is 0 Å². The van der Waals surface area contributed by atoms with Gasteiger partial charge in [0.05, 0.1) is 12.0 Å². The molecule has 1 N–H and O–H groups in total. The summed E-state index contributed by atoms with van der Waals surface area (Å²) >= 11 is 0. The van der Waals surface area contributed by atoms with E-state index in [1.807, 2.05) is 18.2 Å². The Morgan fingerprint density at radius 3 is 2.74 bits per heavy atom. The predicted molar refractivity (Wildman–Crippen MR) is 72.5 cm³/mol. The Kier molecular flexibility index (Phi) is 3.03. The third-order valence-electron chi connectivity index (χ3n) is 3.12. The van der Waals surface area contributed by atoms with Crippen LogP contribution >= 0.6 is 0 Å². The molecule has 1 aliphatic heterocycles. The van der Waals surface area contributed by atoms with Gasteiger partial charge in [0.2, 0.25) is 0 Å². The minimum atomic E-state index is -0.221. The molecule has 0 aliphatic carbocycles. The van der Waals surface area contributed by atoms with Gasteiger partial charge in [0.25, 0.3) is 0 Å². The zero-order valence-electron chi connectivity index (χ0n) is 11.1. The van der Waals surface area contributed by atoms with Crippen molar-refractivity contribution >= 4 is 11.2 Å². The fourth-order valence-electron chi connectivity index (χ4n) is 2.10. The third kappa shape index (κ3) is 2.12. The van der Waals surface area contributed by atoms with E-state index in [-0.39, 0.29) is 6.10 Å². The lowest BCUT2D eigenvalue weighted by atomic mass is 10.2. The Hall–Kier alpha value is -2.17. The summed E-state index contributed by atoms with van der Waals surface area (Å²) in [5.74, 6) is 1.61. The van der Waals surface area contributed by atoms with Gasteiger partial charge < -0.3 is 9.72 Å². The number of hydrogen-bond donors (Lipinski definition) is 1. The first-order chi connectivity index (χ1) is 9.31. The van der Waals surface area contributed by atoms with E-state index in [0.29, 0.717) is 5.82 Å². The molecule has 5 nitrogen and oxygen atoms in total. The van der Waals surface area contributed by atoms with Crippen LogP contribution in [0.5, 0.6) is 0 Å². The lowest BCUT2D eigenvalue weighted by Gasteiger charge is -2.14. The van der Waals surface area contributed by atoms with Crippen LogP contribution in [-0.4, -0.2) is 19.9 Å². The van der Waals surface area contributed by atoms with Gasteiger partial charge in [-0.25, -0.2) is 15.0 Å². The molecule has 0 amide bonds. The van der Waals surface area contributed by atoms with Crippen molar-refractivity contribution < 1.29 is 4.74 Å². The van der Waals surface area contributed by atoms with Gasteiger partial charge in [-0.1, -0.05) is 19.9 Å². The highest BCUT2D eigenvalue weighted by molar-refractivity contribution is 5.73. The van der Waals surface area contributed by atoms with Crippen LogP contribution in [0.2, 0.25) is 0 Å². The van der Waals surface area contributed by atoms with E-state index in [9.17, 15) is 0 Å². The van der Waals surface area contributed by atoms with E-state index in [0.717, 1.165) is 35.5 Å². The van der Waals surface area contributed by atoms with Crippen LogP contribution in [-0.2, 0) is 17.6 Å². The number of allylic oxidation sites excluding steroid dienone is 2. The van der Waals surface area contributed by atoms with E-state index < -0.39 is 0 Å². The van der Waals surface area contributed by atoms with Gasteiger partial charge in [0.15, 0.2) is 17.6 Å². The minimum Gasteiger partial charge on any atom is -0.486 e. The number of fused-ring (bicyclic) bond motifs is 1. The van der Waals surface area contributed by atoms with Gasteiger partial charge in [0, 0.05) is 6.42 Å². The zero-order valence-corrected chi connectivity index (χ0v) is 11.1. The lowest BCUT2D eigenvalue weighted by Crippen LogP contribution is -2.07. The zero-order chi connectivity index (χ0) is 13.2. The number of aromatic nitrogens is 4. The van der Waals surface area contributed by atoms with Crippen LogP contribution in [0.1, 0.15) is 37.3 Å². The number of aryl methyl sites for hydroxylation is 2. The summed E-state index contributed by atoms with van der Waals surface area (Å²) in [5, 5.41) is 0. The first-order valence-electron chi connectivity index (χ1n) is 6.56. The van der Waals surface area contributed by atoms with Crippen molar-refractivity contribution in [1.29, 1.82) is 0 Å². The Bertz CT molecular complexity index is 657. The molecule has 1 aliphatic rings. The fourth-order valence-corrected chi connectivity index (χ4v) is 2.10. The molecule has 1 unspecified atom stereocenters. The van der Waals surface area contributed by atoms with Crippen LogP contribution in [0.15, 0.2) is 24.5 Å². The number of nitrogens with one attached hydrogen (secondary N) is 1. The summed E-state index contributed by atoms with van der Waals surface area (Å²) in [6.07, 6.45) is 8.86. The molecule has 0 saturated carbocycles. The highest BCUT2D eigenvalue weighted by Gasteiger charge is 2.17. The highest BCUT2D eigenvalue weighted by atomic mass is 16.5. The molecule has 0 aromatic carbocycles. The van der Waals surface area contributed by atoms with E-state index in [1.165, 1.54) is 0 Å². The monoisotopic (exact) mass is 256 g/mol. The normalized spacial score (nSPS) is 17.9. The average molecular weight is 256 g/mol. The summed E-state index contributed by atoms with van der Waals surface area (Å²) in [4.78, 5) is 16.9. The maximum atomic E-state index is 5.52. The fraction of sp³-hybridized carbons (Fsp3) is 0.357. The standard InChI is InChI=1S/C14H16N4O/c1-3-9-12-14(17-11(4-2)16-12)18-13(15-9)10-7-5-6-8-19-10/h5-8,10H,3-4H2,1-2H3,(H,15,16,17,18). The Morgan fingerprint density at radius 1 is 1.16 bits per heavy atom. The summed E-state index contributed by atoms with van der Waals surface area (Å²) in [6, 6.07) is 0. The molecule has 3 rings (SSSR count). The van der Waals surface area contributed by atoms with Crippen molar-refractivity contribution in [2.24, 2.45) is 0 Å². The topological polar surface area (TPSA) is 63.7 Å². The van der Waals surface area contributed by atoms with Crippen LogP contribution in [0.25, 0.3) is 11.2 Å². The number of ether oxygens (including phenoxy) is 1. The van der Waals surface area contributed by atoms with Gasteiger partial charge in [-0.2, -0.15) is 0 Å². The van der Waals surface area contributed by atoms with Crippen LogP contribution in [0.4, 0.5) is 0 Å². The summed E-state index contributed by atoms with van der Waals surface area (Å²) in [7, 11) is 0. The molecular weight excluding hydrogens is 240 g/mol. The predicted octanol–water partition coefficient (Wildman–Crippen LogP) is 2.62. The first-order valence-corrected chi connectivity index (χ1v) is 6.56. The quantitative estimate of drug-likeness (QED) is 0.916. The maximum Gasteiger partial charge on any atom is 0.181 e. The number of rotatable bonds is 3. The molecule has 98 valence electrons. The van der Waals surface area contributed by atoms with Gasteiger partial charge in [0.1, 0.15) is 11.3 Å². The molecule has 19 heavy (non-hydrogen) atoms. The van der Waals surface area contributed by atoms with E-state index in [2.05, 4.69) is 33.8 Å². The van der Waals surface area contributed by atoms with Crippen molar-refractivity contribution in [3.05, 3.63) is 41.8 Å². The molecule has 3 heterocycles. The molecule has 5 heteroatoms. The first kappa shape index (κ1) is 11.9. The van der Waals surface area contributed by atoms with E-state index >= 15 is 0 Å². The van der Waals surface area contributed by atoms with E-state index in [4.69, 9.17) is 4.74 Å². The van der Waals surface area contributed by atoms with E-state index in [1.54, 1.807) is 6.26 Å². The lowest BCUT2D eigenvalue weighted by molar-refractivity contribution is 0.177. The molecule has 0 bridgehead atoms. The Morgan fingerprint density at radius 2 is 2.05 bits per heavy atom. The smallest absolute Gasteiger partial charge is 0.181 e. The second kappa shape index (κ2) is 4.84. The Labute approximate surface area is 111 Å².